The molecule has 5 heteroatoms. The topological polar surface area (TPSA) is 58.2 Å². The second-order valence-electron chi connectivity index (χ2n) is 5.49. The van der Waals surface area contributed by atoms with Gasteiger partial charge in [-0.25, -0.2) is 4.39 Å². The first-order chi connectivity index (χ1) is 9.86. The third-order valence-electron chi connectivity index (χ3n) is 3.36. The number of halogens is 1. The molecule has 0 bridgehead atoms. The summed E-state index contributed by atoms with van der Waals surface area (Å²) >= 11 is 0. The maximum atomic E-state index is 13.6. The molecule has 21 heavy (non-hydrogen) atoms. The Kier molecular flexibility index (Phi) is 6.34. The molecule has 116 valence electrons. The molecule has 2 amide bonds. The molecular formula is C16H23FN2O2. The van der Waals surface area contributed by atoms with Crippen molar-refractivity contribution in [3.63, 3.8) is 0 Å². The number of carbonyl (C=O) groups excluding carboxylic acids is 2. The van der Waals surface area contributed by atoms with Gasteiger partial charge >= 0.3 is 0 Å². The van der Waals surface area contributed by atoms with Gasteiger partial charge in [-0.15, -0.1) is 0 Å². The van der Waals surface area contributed by atoms with Crippen LogP contribution in [0.25, 0.3) is 0 Å². The van der Waals surface area contributed by atoms with Crippen LogP contribution >= 0.6 is 0 Å². The molecule has 0 saturated heterocycles. The minimum atomic E-state index is -0.689. The second kappa shape index (κ2) is 7.76. The van der Waals surface area contributed by atoms with Crippen LogP contribution in [0.2, 0.25) is 0 Å². The SMILES string of the molecule is CCC(C)NC(=O)C(NC(=O)c1ccccc1F)C(C)C. The van der Waals surface area contributed by atoms with Crippen LogP contribution in [0.1, 0.15) is 44.5 Å². The van der Waals surface area contributed by atoms with Crippen molar-refractivity contribution in [2.45, 2.75) is 46.2 Å². The average Bonchev–Trinajstić information content (AvgIpc) is 2.44. The standard InChI is InChI=1S/C16H23FN2O2/c1-5-11(4)18-16(21)14(10(2)3)19-15(20)12-8-6-7-9-13(12)17/h6-11,14H,5H2,1-4H3,(H,18,21)(H,19,20). The number of hydrogen-bond acceptors (Lipinski definition) is 2. The molecular weight excluding hydrogens is 271 g/mol. The van der Waals surface area contributed by atoms with Crippen LogP contribution in [0.15, 0.2) is 24.3 Å². The highest BCUT2D eigenvalue weighted by molar-refractivity contribution is 5.97. The number of carbonyl (C=O) groups is 2. The summed E-state index contributed by atoms with van der Waals surface area (Å²) in [6.45, 7) is 7.53. The van der Waals surface area contributed by atoms with E-state index in [1.807, 2.05) is 27.7 Å². The monoisotopic (exact) mass is 294 g/mol. The highest BCUT2D eigenvalue weighted by Gasteiger charge is 2.26. The van der Waals surface area contributed by atoms with Crippen molar-refractivity contribution in [3.05, 3.63) is 35.6 Å². The molecule has 1 aromatic rings. The summed E-state index contributed by atoms with van der Waals surface area (Å²) in [5, 5.41) is 5.45. The zero-order valence-corrected chi connectivity index (χ0v) is 12.9. The third kappa shape index (κ3) is 4.85. The van der Waals surface area contributed by atoms with Crippen LogP contribution in [0.3, 0.4) is 0 Å². The van der Waals surface area contributed by atoms with Gasteiger partial charge in [-0.1, -0.05) is 32.9 Å². The number of benzene rings is 1. The lowest BCUT2D eigenvalue weighted by molar-refractivity contribution is -0.124. The molecule has 1 rings (SSSR count). The van der Waals surface area contributed by atoms with E-state index in [4.69, 9.17) is 0 Å². The molecule has 0 aliphatic rings. The fourth-order valence-corrected chi connectivity index (χ4v) is 1.83. The van der Waals surface area contributed by atoms with Gasteiger partial charge < -0.3 is 10.6 Å². The first kappa shape index (κ1) is 17.1. The molecule has 0 saturated carbocycles. The molecule has 0 spiro atoms. The smallest absolute Gasteiger partial charge is 0.254 e. The van der Waals surface area contributed by atoms with E-state index in [0.717, 1.165) is 6.42 Å². The highest BCUT2D eigenvalue weighted by atomic mass is 19.1. The van der Waals surface area contributed by atoms with E-state index in [0.29, 0.717) is 0 Å². The van der Waals surface area contributed by atoms with Gasteiger partial charge in [-0.05, 0) is 31.4 Å². The Hall–Kier alpha value is -1.91. The van der Waals surface area contributed by atoms with E-state index in [9.17, 15) is 14.0 Å². The minimum absolute atomic E-state index is 0.0316. The highest BCUT2D eigenvalue weighted by Crippen LogP contribution is 2.09. The Morgan fingerprint density at radius 3 is 2.29 bits per heavy atom. The van der Waals surface area contributed by atoms with Crippen molar-refractivity contribution in [2.75, 3.05) is 0 Å². The van der Waals surface area contributed by atoms with Crippen LogP contribution in [-0.4, -0.2) is 23.9 Å². The first-order valence-corrected chi connectivity index (χ1v) is 7.22. The van der Waals surface area contributed by atoms with Gasteiger partial charge in [0.15, 0.2) is 0 Å². The predicted molar refractivity (Wildman–Crippen MR) is 80.4 cm³/mol. The van der Waals surface area contributed by atoms with Crippen LogP contribution in [0.4, 0.5) is 4.39 Å². The summed E-state index contributed by atoms with van der Waals surface area (Å²) in [6, 6.07) is 5.06. The average molecular weight is 294 g/mol. The van der Waals surface area contributed by atoms with Gasteiger partial charge in [-0.3, -0.25) is 9.59 Å². The van der Waals surface area contributed by atoms with Crippen LogP contribution in [0.5, 0.6) is 0 Å². The quantitative estimate of drug-likeness (QED) is 0.847. The van der Waals surface area contributed by atoms with E-state index >= 15 is 0 Å². The lowest BCUT2D eigenvalue weighted by Crippen LogP contribution is -2.51. The molecule has 0 heterocycles. The number of rotatable bonds is 6. The molecule has 0 aromatic heterocycles. The molecule has 2 unspecified atom stereocenters. The maximum Gasteiger partial charge on any atom is 0.254 e. The summed E-state index contributed by atoms with van der Waals surface area (Å²) in [5.41, 5.74) is -0.0560. The van der Waals surface area contributed by atoms with Gasteiger partial charge in [0, 0.05) is 6.04 Å². The van der Waals surface area contributed by atoms with E-state index in [2.05, 4.69) is 10.6 Å². The van der Waals surface area contributed by atoms with Crippen molar-refractivity contribution in [1.29, 1.82) is 0 Å². The number of amides is 2. The zero-order chi connectivity index (χ0) is 16.0. The zero-order valence-electron chi connectivity index (χ0n) is 12.9. The van der Waals surface area contributed by atoms with E-state index < -0.39 is 17.8 Å². The van der Waals surface area contributed by atoms with Gasteiger partial charge in [-0.2, -0.15) is 0 Å². The lowest BCUT2D eigenvalue weighted by atomic mass is 10.0. The normalized spacial score (nSPS) is 13.6. The van der Waals surface area contributed by atoms with Gasteiger partial charge in [0.1, 0.15) is 11.9 Å². The molecule has 1 aromatic carbocycles. The Morgan fingerprint density at radius 2 is 1.76 bits per heavy atom. The fourth-order valence-electron chi connectivity index (χ4n) is 1.83. The largest absolute Gasteiger partial charge is 0.352 e. The fraction of sp³-hybridized carbons (Fsp3) is 0.500. The summed E-state index contributed by atoms with van der Waals surface area (Å²) in [7, 11) is 0. The third-order valence-corrected chi connectivity index (χ3v) is 3.36. The van der Waals surface area contributed by atoms with Crippen molar-refractivity contribution in [2.24, 2.45) is 5.92 Å². The molecule has 2 N–H and O–H groups in total. The van der Waals surface area contributed by atoms with Crippen molar-refractivity contribution in [1.82, 2.24) is 10.6 Å². The van der Waals surface area contributed by atoms with Crippen molar-refractivity contribution >= 4 is 11.8 Å². The van der Waals surface area contributed by atoms with Crippen LogP contribution < -0.4 is 10.6 Å². The van der Waals surface area contributed by atoms with E-state index in [1.54, 1.807) is 6.07 Å². The van der Waals surface area contributed by atoms with Crippen LogP contribution in [0, 0.1) is 11.7 Å². The van der Waals surface area contributed by atoms with Crippen molar-refractivity contribution in [3.8, 4) is 0 Å². The maximum absolute atomic E-state index is 13.6. The molecule has 2 atom stereocenters. The minimum Gasteiger partial charge on any atom is -0.352 e. The van der Waals surface area contributed by atoms with E-state index in [1.165, 1.54) is 18.2 Å². The first-order valence-electron chi connectivity index (χ1n) is 7.22. The van der Waals surface area contributed by atoms with E-state index in [-0.39, 0.29) is 23.4 Å². The summed E-state index contributed by atoms with van der Waals surface area (Å²) in [5.74, 6) is -1.51. The second-order valence-corrected chi connectivity index (χ2v) is 5.49. The Balaban J connectivity index is 2.82. The Labute approximate surface area is 125 Å². The molecule has 0 aliphatic carbocycles. The van der Waals surface area contributed by atoms with Gasteiger partial charge in [0.05, 0.1) is 5.56 Å². The molecule has 0 fully saturated rings. The molecule has 0 aliphatic heterocycles. The Bertz CT molecular complexity index is 503. The number of hydrogen-bond donors (Lipinski definition) is 2. The van der Waals surface area contributed by atoms with Crippen LogP contribution in [-0.2, 0) is 4.79 Å². The van der Waals surface area contributed by atoms with Crippen molar-refractivity contribution < 1.29 is 14.0 Å². The Morgan fingerprint density at radius 1 is 1.14 bits per heavy atom. The molecule has 4 nitrogen and oxygen atoms in total. The van der Waals surface area contributed by atoms with Gasteiger partial charge in [0.25, 0.3) is 5.91 Å². The molecule has 0 radical (unpaired) electrons. The summed E-state index contributed by atoms with van der Waals surface area (Å²) < 4.78 is 13.6. The summed E-state index contributed by atoms with van der Waals surface area (Å²) in [6.07, 6.45) is 0.803. The predicted octanol–water partition coefficient (Wildman–Crippen LogP) is 2.49. The number of nitrogens with one attached hydrogen (secondary N) is 2. The van der Waals surface area contributed by atoms with Gasteiger partial charge in [0.2, 0.25) is 5.91 Å². The lowest BCUT2D eigenvalue weighted by Gasteiger charge is -2.23. The summed E-state index contributed by atoms with van der Waals surface area (Å²) in [4.78, 5) is 24.3.